The fourth-order valence-electron chi connectivity index (χ4n) is 2.17. The van der Waals surface area contributed by atoms with Crippen LogP contribution < -0.4 is 5.32 Å². The Morgan fingerprint density at radius 3 is 2.83 bits per heavy atom. The van der Waals surface area contributed by atoms with Crippen molar-refractivity contribution in [3.05, 3.63) is 12.2 Å². The molecule has 0 radical (unpaired) electrons. The van der Waals surface area contributed by atoms with Crippen molar-refractivity contribution in [2.24, 2.45) is 5.92 Å². The van der Waals surface area contributed by atoms with Gasteiger partial charge in [0.2, 0.25) is 0 Å². The highest BCUT2D eigenvalue weighted by Gasteiger charge is 2.44. The van der Waals surface area contributed by atoms with E-state index in [4.69, 9.17) is 0 Å². The molecule has 1 heterocycles. The number of aromatic nitrogens is 3. The summed E-state index contributed by atoms with van der Waals surface area (Å²) in [5.41, 5.74) is -0.741. The van der Waals surface area contributed by atoms with Crippen LogP contribution in [0.15, 0.2) is 6.33 Å². The highest BCUT2D eigenvalue weighted by molar-refractivity contribution is 5.79. The first-order chi connectivity index (χ1) is 8.53. The van der Waals surface area contributed by atoms with Crippen LogP contribution in [0.3, 0.4) is 0 Å². The van der Waals surface area contributed by atoms with Crippen LogP contribution >= 0.6 is 0 Å². The summed E-state index contributed by atoms with van der Waals surface area (Å²) < 4.78 is 1.84. The smallest absolute Gasteiger partial charge is 0.323 e. The molecule has 0 spiro atoms. The molecule has 0 saturated heterocycles. The first-order valence-electron chi connectivity index (χ1n) is 6.38. The topological polar surface area (TPSA) is 80.0 Å². The van der Waals surface area contributed by atoms with Gasteiger partial charge >= 0.3 is 5.97 Å². The molecular weight excluding hydrogens is 232 g/mol. The number of nitrogens with one attached hydrogen (secondary N) is 1. The summed E-state index contributed by atoms with van der Waals surface area (Å²) in [6.07, 6.45) is 3.88. The monoisotopic (exact) mass is 252 g/mol. The number of carboxylic acids is 1. The van der Waals surface area contributed by atoms with Crippen molar-refractivity contribution in [2.75, 3.05) is 0 Å². The van der Waals surface area contributed by atoms with Crippen molar-refractivity contribution < 1.29 is 9.90 Å². The lowest BCUT2D eigenvalue weighted by Gasteiger charge is -2.38. The second-order valence-electron chi connectivity index (χ2n) is 5.35. The van der Waals surface area contributed by atoms with E-state index in [0.717, 1.165) is 18.8 Å². The zero-order valence-corrected chi connectivity index (χ0v) is 10.9. The Bertz CT molecular complexity index is 423. The molecule has 0 atom stereocenters. The molecule has 6 nitrogen and oxygen atoms in total. The summed E-state index contributed by atoms with van der Waals surface area (Å²) in [5, 5.41) is 16.5. The maximum absolute atomic E-state index is 11.2. The van der Waals surface area contributed by atoms with Crippen LogP contribution in [0.5, 0.6) is 0 Å². The van der Waals surface area contributed by atoms with Gasteiger partial charge in [0.25, 0.3) is 0 Å². The lowest BCUT2D eigenvalue weighted by Crippen LogP contribution is -2.56. The maximum atomic E-state index is 11.2. The Hall–Kier alpha value is -1.43. The molecule has 2 N–H and O–H groups in total. The Morgan fingerprint density at radius 1 is 1.61 bits per heavy atom. The molecule has 1 fully saturated rings. The Kier molecular flexibility index (Phi) is 3.65. The van der Waals surface area contributed by atoms with Crippen molar-refractivity contribution in [3.63, 3.8) is 0 Å². The fraction of sp³-hybridized carbons (Fsp3) is 0.750. The highest BCUT2D eigenvalue weighted by Crippen LogP contribution is 2.32. The molecule has 0 amide bonds. The number of nitrogens with zero attached hydrogens (tertiary/aromatic N) is 3. The van der Waals surface area contributed by atoms with Gasteiger partial charge in [0.1, 0.15) is 17.7 Å². The molecule has 1 aliphatic carbocycles. The van der Waals surface area contributed by atoms with Crippen LogP contribution in [-0.2, 0) is 17.9 Å². The number of hydrogen-bond donors (Lipinski definition) is 2. The average molecular weight is 252 g/mol. The minimum atomic E-state index is -0.760. The van der Waals surface area contributed by atoms with Gasteiger partial charge in [-0.3, -0.25) is 10.1 Å². The van der Waals surface area contributed by atoms with Gasteiger partial charge in [-0.2, -0.15) is 5.10 Å². The van der Waals surface area contributed by atoms with Crippen LogP contribution in [0.4, 0.5) is 0 Å². The van der Waals surface area contributed by atoms with Crippen LogP contribution in [-0.4, -0.2) is 31.4 Å². The summed E-state index contributed by atoms with van der Waals surface area (Å²) in [7, 11) is 0. The Labute approximate surface area is 106 Å². The third kappa shape index (κ3) is 2.53. The van der Waals surface area contributed by atoms with Gasteiger partial charge in [-0.25, -0.2) is 9.67 Å². The third-order valence-electron chi connectivity index (χ3n) is 3.44. The molecule has 100 valence electrons. The summed E-state index contributed by atoms with van der Waals surface area (Å²) in [5.74, 6) is 0.530. The zero-order chi connectivity index (χ0) is 13.2. The SMILES string of the molecule is CC(C)Cn1ncnc1CNC1(C(=O)O)CCC1. The van der Waals surface area contributed by atoms with Crippen molar-refractivity contribution >= 4 is 5.97 Å². The molecule has 0 bridgehead atoms. The van der Waals surface area contributed by atoms with Gasteiger partial charge in [0.15, 0.2) is 0 Å². The van der Waals surface area contributed by atoms with Gasteiger partial charge in [0, 0.05) is 6.54 Å². The van der Waals surface area contributed by atoms with Gasteiger partial charge < -0.3 is 5.11 Å². The number of hydrogen-bond acceptors (Lipinski definition) is 4. The predicted octanol–water partition coefficient (Wildman–Crippen LogP) is 1.03. The van der Waals surface area contributed by atoms with E-state index in [-0.39, 0.29) is 0 Å². The van der Waals surface area contributed by atoms with Crippen LogP contribution in [0, 0.1) is 5.92 Å². The van der Waals surface area contributed by atoms with E-state index in [9.17, 15) is 9.90 Å². The molecule has 0 unspecified atom stereocenters. The minimum Gasteiger partial charge on any atom is -0.480 e. The standard InChI is InChI=1S/C12H20N4O2/c1-9(2)7-16-10(13-8-15-16)6-14-12(11(17)18)4-3-5-12/h8-9,14H,3-7H2,1-2H3,(H,17,18). The zero-order valence-electron chi connectivity index (χ0n) is 10.9. The summed E-state index contributed by atoms with van der Waals surface area (Å²) in [6.45, 7) is 5.49. The third-order valence-corrected chi connectivity index (χ3v) is 3.44. The van der Waals surface area contributed by atoms with E-state index in [2.05, 4.69) is 29.2 Å². The van der Waals surface area contributed by atoms with Crippen molar-refractivity contribution in [3.8, 4) is 0 Å². The van der Waals surface area contributed by atoms with Gasteiger partial charge in [-0.15, -0.1) is 0 Å². The molecular formula is C12H20N4O2. The molecule has 1 aromatic rings. The molecule has 0 aromatic carbocycles. The quantitative estimate of drug-likeness (QED) is 0.790. The van der Waals surface area contributed by atoms with E-state index in [0.29, 0.717) is 25.3 Å². The number of rotatable bonds is 6. The van der Waals surface area contributed by atoms with Gasteiger partial charge in [-0.05, 0) is 25.2 Å². The Balaban J connectivity index is 1.98. The van der Waals surface area contributed by atoms with Crippen LogP contribution in [0.2, 0.25) is 0 Å². The summed E-state index contributed by atoms with van der Waals surface area (Å²) in [6, 6.07) is 0. The average Bonchev–Trinajstić information content (AvgIpc) is 2.62. The van der Waals surface area contributed by atoms with E-state index in [1.165, 1.54) is 6.33 Å². The van der Waals surface area contributed by atoms with E-state index < -0.39 is 11.5 Å². The Morgan fingerprint density at radius 2 is 2.33 bits per heavy atom. The van der Waals surface area contributed by atoms with Crippen LogP contribution in [0.25, 0.3) is 0 Å². The molecule has 1 aliphatic rings. The largest absolute Gasteiger partial charge is 0.480 e. The number of carboxylic acid groups (broad SMARTS) is 1. The van der Waals surface area contributed by atoms with Crippen LogP contribution in [0.1, 0.15) is 38.9 Å². The van der Waals surface area contributed by atoms with E-state index >= 15 is 0 Å². The molecule has 6 heteroatoms. The molecule has 1 aromatic heterocycles. The molecule has 2 rings (SSSR count). The molecule has 0 aliphatic heterocycles. The maximum Gasteiger partial charge on any atom is 0.323 e. The van der Waals surface area contributed by atoms with Gasteiger partial charge in [0.05, 0.1) is 6.54 Å². The van der Waals surface area contributed by atoms with Gasteiger partial charge in [-0.1, -0.05) is 13.8 Å². The van der Waals surface area contributed by atoms with Crippen molar-refractivity contribution in [2.45, 2.75) is 51.7 Å². The highest BCUT2D eigenvalue weighted by atomic mass is 16.4. The minimum absolute atomic E-state index is 0.457. The second-order valence-corrected chi connectivity index (χ2v) is 5.35. The first-order valence-corrected chi connectivity index (χ1v) is 6.38. The fourth-order valence-corrected chi connectivity index (χ4v) is 2.17. The number of aliphatic carboxylic acids is 1. The van der Waals surface area contributed by atoms with Crippen molar-refractivity contribution in [1.29, 1.82) is 0 Å². The summed E-state index contributed by atoms with van der Waals surface area (Å²) in [4.78, 5) is 15.4. The normalized spacial score (nSPS) is 17.7. The summed E-state index contributed by atoms with van der Waals surface area (Å²) >= 11 is 0. The second kappa shape index (κ2) is 5.06. The van der Waals surface area contributed by atoms with Crippen molar-refractivity contribution in [1.82, 2.24) is 20.1 Å². The first kappa shape index (κ1) is 13.0. The van der Waals surface area contributed by atoms with E-state index in [1.54, 1.807) is 0 Å². The van der Waals surface area contributed by atoms with E-state index in [1.807, 2.05) is 4.68 Å². The number of carbonyl (C=O) groups is 1. The molecule has 18 heavy (non-hydrogen) atoms. The lowest BCUT2D eigenvalue weighted by atomic mass is 9.77. The predicted molar refractivity (Wildman–Crippen MR) is 65.9 cm³/mol. The lowest BCUT2D eigenvalue weighted by molar-refractivity contribution is -0.148. The molecule has 1 saturated carbocycles.